The van der Waals surface area contributed by atoms with Crippen LogP contribution in [0.25, 0.3) is 22.0 Å². The second kappa shape index (κ2) is 8.77. The third kappa shape index (κ3) is 3.93. The number of likely N-dealkylation sites (N-methyl/N-ethyl adjacent to an activating group) is 1. The van der Waals surface area contributed by atoms with E-state index in [1.54, 1.807) is 0 Å². The average molecular weight is 529 g/mol. The van der Waals surface area contributed by atoms with Crippen LogP contribution in [0.15, 0.2) is 24.3 Å². The molecule has 2 atom stereocenters. The second-order valence-corrected chi connectivity index (χ2v) is 10.1. The van der Waals surface area contributed by atoms with Crippen LogP contribution >= 0.6 is 11.6 Å². The molecule has 0 radical (unpaired) electrons. The first-order chi connectivity index (χ1) is 17.7. The standard InChI is InChI=1S/C25H23ClF2N6O3/c1-32-11-19(36)34(25(32)37)10-18-30-23-14(24(31-18)33-8-12-5-6-13(9-33)29-12)7-15(26)20(22(23)28)21-16(27)3-2-4-17(21)35/h2-4,7,12-13,29,35H,5-6,8-11H2,1H3. The molecular formula is C25H23ClF2N6O3. The van der Waals surface area contributed by atoms with Gasteiger partial charge in [0.2, 0.25) is 0 Å². The van der Waals surface area contributed by atoms with E-state index in [4.69, 9.17) is 11.6 Å². The summed E-state index contributed by atoms with van der Waals surface area (Å²) in [7, 11) is 1.51. The number of aromatic nitrogens is 2. The average Bonchev–Trinajstić information content (AvgIpc) is 3.32. The van der Waals surface area contributed by atoms with Crippen molar-refractivity contribution in [2.24, 2.45) is 0 Å². The number of halogens is 3. The van der Waals surface area contributed by atoms with E-state index in [-0.39, 0.29) is 52.7 Å². The van der Waals surface area contributed by atoms with E-state index in [0.29, 0.717) is 24.3 Å². The minimum Gasteiger partial charge on any atom is -0.507 e. The van der Waals surface area contributed by atoms with Gasteiger partial charge in [0, 0.05) is 43.2 Å². The van der Waals surface area contributed by atoms with Crippen molar-refractivity contribution in [2.75, 3.05) is 31.6 Å². The summed E-state index contributed by atoms with van der Waals surface area (Å²) in [5, 5.41) is 14.1. The molecule has 0 aliphatic carbocycles. The van der Waals surface area contributed by atoms with Gasteiger partial charge in [-0.05, 0) is 31.0 Å². The molecule has 4 heterocycles. The molecule has 12 heteroatoms. The molecule has 9 nitrogen and oxygen atoms in total. The van der Waals surface area contributed by atoms with E-state index in [2.05, 4.69) is 15.3 Å². The molecule has 2 bridgehead atoms. The first-order valence-corrected chi connectivity index (χ1v) is 12.3. The van der Waals surface area contributed by atoms with Crippen molar-refractivity contribution >= 4 is 40.3 Å². The molecule has 1 aromatic heterocycles. The van der Waals surface area contributed by atoms with Crippen LogP contribution in [0.1, 0.15) is 18.7 Å². The Morgan fingerprint density at radius 3 is 2.51 bits per heavy atom. The van der Waals surface area contributed by atoms with Gasteiger partial charge in [0.15, 0.2) is 11.6 Å². The van der Waals surface area contributed by atoms with Crippen molar-refractivity contribution in [3.8, 4) is 16.9 Å². The zero-order valence-corrected chi connectivity index (χ0v) is 20.6. The minimum atomic E-state index is -0.929. The molecular weight excluding hydrogens is 506 g/mol. The van der Waals surface area contributed by atoms with Gasteiger partial charge < -0.3 is 20.2 Å². The third-order valence-corrected chi connectivity index (χ3v) is 7.50. The van der Waals surface area contributed by atoms with Gasteiger partial charge in [0.05, 0.1) is 17.1 Å². The summed E-state index contributed by atoms with van der Waals surface area (Å²) in [4.78, 5) is 38.3. The van der Waals surface area contributed by atoms with Gasteiger partial charge in [-0.25, -0.2) is 23.5 Å². The lowest BCUT2D eigenvalue weighted by atomic mass is 10.0. The number of phenolic OH excluding ortho intramolecular Hbond substituents is 1. The highest BCUT2D eigenvalue weighted by molar-refractivity contribution is 6.34. The number of carbonyl (C=O) groups excluding carboxylic acids is 2. The van der Waals surface area contributed by atoms with E-state index >= 15 is 4.39 Å². The summed E-state index contributed by atoms with van der Waals surface area (Å²) in [6.45, 7) is 0.941. The summed E-state index contributed by atoms with van der Waals surface area (Å²) >= 11 is 6.49. The Labute approximate surface area is 215 Å². The predicted octanol–water partition coefficient (Wildman–Crippen LogP) is 3.27. The number of urea groups is 1. The number of imide groups is 1. The number of phenols is 1. The molecule has 3 fully saturated rings. The Bertz CT molecular complexity index is 1440. The van der Waals surface area contributed by atoms with Crippen LogP contribution in [0.2, 0.25) is 5.02 Å². The second-order valence-electron chi connectivity index (χ2n) is 9.70. The number of amides is 3. The molecule has 3 aliphatic heterocycles. The molecule has 3 aliphatic rings. The fraction of sp³-hybridized carbons (Fsp3) is 0.360. The van der Waals surface area contributed by atoms with Gasteiger partial charge in [-0.2, -0.15) is 0 Å². The Balaban J connectivity index is 1.54. The first kappa shape index (κ1) is 23.8. The molecule has 3 aromatic rings. The van der Waals surface area contributed by atoms with Gasteiger partial charge in [-0.15, -0.1) is 0 Å². The van der Waals surface area contributed by atoms with Crippen LogP contribution < -0.4 is 10.2 Å². The van der Waals surface area contributed by atoms with E-state index in [1.807, 2.05) is 4.90 Å². The zero-order valence-electron chi connectivity index (χ0n) is 19.8. The van der Waals surface area contributed by atoms with Crippen LogP contribution in [-0.4, -0.2) is 75.6 Å². The fourth-order valence-corrected chi connectivity index (χ4v) is 5.75. The summed E-state index contributed by atoms with van der Waals surface area (Å²) in [6.07, 6.45) is 2.01. The highest BCUT2D eigenvalue weighted by Crippen LogP contribution is 2.42. The maximum absolute atomic E-state index is 16.2. The van der Waals surface area contributed by atoms with Crippen molar-refractivity contribution in [1.29, 1.82) is 0 Å². The zero-order chi connectivity index (χ0) is 26.0. The van der Waals surface area contributed by atoms with E-state index < -0.39 is 29.3 Å². The van der Waals surface area contributed by atoms with Gasteiger partial charge in [0.25, 0.3) is 5.91 Å². The molecule has 6 rings (SSSR count). The first-order valence-electron chi connectivity index (χ1n) is 11.9. The van der Waals surface area contributed by atoms with Crippen LogP contribution in [0, 0.1) is 11.6 Å². The van der Waals surface area contributed by atoms with Crippen LogP contribution in [0.5, 0.6) is 5.75 Å². The number of benzene rings is 2. The van der Waals surface area contributed by atoms with Crippen molar-refractivity contribution in [3.63, 3.8) is 0 Å². The number of rotatable bonds is 4. The quantitative estimate of drug-likeness (QED) is 0.501. The number of nitrogens with zero attached hydrogens (tertiary/aromatic N) is 5. The van der Waals surface area contributed by atoms with E-state index in [9.17, 15) is 19.1 Å². The summed E-state index contributed by atoms with van der Waals surface area (Å²) in [5.41, 5.74) is -0.838. The number of hydrogen-bond acceptors (Lipinski definition) is 7. The number of nitrogens with one attached hydrogen (secondary N) is 1. The van der Waals surface area contributed by atoms with Crippen molar-refractivity contribution in [3.05, 3.63) is 46.7 Å². The normalized spacial score (nSPS) is 21.6. The van der Waals surface area contributed by atoms with Gasteiger partial charge in [-0.1, -0.05) is 17.7 Å². The highest BCUT2D eigenvalue weighted by Gasteiger charge is 2.36. The monoisotopic (exact) mass is 528 g/mol. The summed E-state index contributed by atoms with van der Waals surface area (Å²) in [5.74, 6) is -2.16. The Morgan fingerprint density at radius 2 is 1.86 bits per heavy atom. The largest absolute Gasteiger partial charge is 0.507 e. The van der Waals surface area contributed by atoms with Gasteiger partial charge in [-0.3, -0.25) is 9.69 Å². The van der Waals surface area contributed by atoms with Crippen LogP contribution in [0.4, 0.5) is 19.4 Å². The summed E-state index contributed by atoms with van der Waals surface area (Å²) in [6, 6.07) is 5.12. The van der Waals surface area contributed by atoms with E-state index in [0.717, 1.165) is 23.8 Å². The Hall–Kier alpha value is -3.57. The molecule has 3 saturated heterocycles. The number of aromatic hydroxyl groups is 1. The van der Waals surface area contributed by atoms with Crippen LogP contribution in [-0.2, 0) is 11.3 Å². The number of carbonyl (C=O) groups is 2. The number of hydrogen-bond donors (Lipinski definition) is 2. The maximum Gasteiger partial charge on any atom is 0.327 e. The van der Waals surface area contributed by atoms with Crippen molar-refractivity contribution in [1.82, 2.24) is 25.1 Å². The fourth-order valence-electron chi connectivity index (χ4n) is 5.46. The molecule has 2 unspecified atom stereocenters. The van der Waals surface area contributed by atoms with Crippen LogP contribution in [0.3, 0.4) is 0 Å². The van der Waals surface area contributed by atoms with Gasteiger partial charge in [0.1, 0.15) is 29.4 Å². The van der Waals surface area contributed by atoms with Crippen molar-refractivity contribution in [2.45, 2.75) is 31.5 Å². The topological polar surface area (TPSA) is 102 Å². The Morgan fingerprint density at radius 1 is 1.14 bits per heavy atom. The lowest BCUT2D eigenvalue weighted by molar-refractivity contribution is -0.125. The van der Waals surface area contributed by atoms with E-state index in [1.165, 1.54) is 30.1 Å². The lowest BCUT2D eigenvalue weighted by Gasteiger charge is -2.34. The number of anilines is 1. The SMILES string of the molecule is CN1CC(=O)N(Cc2nc(N3CC4CCC(C3)N4)c3cc(Cl)c(-c4c(O)cccc4F)c(F)c3n2)C1=O. The predicted molar refractivity (Wildman–Crippen MR) is 132 cm³/mol. The third-order valence-electron chi connectivity index (χ3n) is 7.20. The number of fused-ring (bicyclic) bond motifs is 3. The highest BCUT2D eigenvalue weighted by atomic mass is 35.5. The lowest BCUT2D eigenvalue weighted by Crippen LogP contribution is -2.51. The molecule has 37 heavy (non-hydrogen) atoms. The summed E-state index contributed by atoms with van der Waals surface area (Å²) < 4.78 is 30.9. The molecule has 0 saturated carbocycles. The minimum absolute atomic E-state index is 0.0651. The molecule has 2 N–H and O–H groups in total. The molecule has 3 amide bonds. The molecule has 2 aromatic carbocycles. The number of piperazine rings is 1. The smallest absolute Gasteiger partial charge is 0.327 e. The van der Waals surface area contributed by atoms with Gasteiger partial charge >= 0.3 is 6.03 Å². The maximum atomic E-state index is 16.2. The van der Waals surface area contributed by atoms with Crippen molar-refractivity contribution < 1.29 is 23.5 Å². The molecule has 192 valence electrons. The molecule has 0 spiro atoms. The Kier molecular flexibility index (Phi) is 5.64.